The average Bonchev–Trinajstić information content (AvgIpc) is 2.98. The highest BCUT2D eigenvalue weighted by molar-refractivity contribution is 6.03. The van der Waals surface area contributed by atoms with Gasteiger partial charge in [-0.2, -0.15) is 0 Å². The summed E-state index contributed by atoms with van der Waals surface area (Å²) >= 11 is 0. The number of benzene rings is 3. The molecule has 2 bridgehead atoms. The van der Waals surface area contributed by atoms with Crippen LogP contribution < -0.4 is 9.64 Å². The fraction of sp³-hybridized carbons (Fsp3) is 0.424. The molecule has 39 heavy (non-hydrogen) atoms. The van der Waals surface area contributed by atoms with E-state index in [0.29, 0.717) is 25.1 Å². The Hall–Kier alpha value is -3.22. The van der Waals surface area contributed by atoms with E-state index < -0.39 is 0 Å². The minimum atomic E-state index is -0.328. The summed E-state index contributed by atoms with van der Waals surface area (Å²) in [5, 5.41) is 9.31. The fourth-order valence-electron chi connectivity index (χ4n) is 6.84. The number of rotatable bonds is 10. The Morgan fingerprint density at radius 2 is 1.51 bits per heavy atom. The summed E-state index contributed by atoms with van der Waals surface area (Å²) in [6, 6.07) is 22.7. The normalized spacial score (nSPS) is 25.9. The maximum atomic E-state index is 13.5. The number of carbonyl (C=O) groups excluding carboxylic acids is 1. The lowest BCUT2D eigenvalue weighted by atomic mass is 9.79. The van der Waals surface area contributed by atoms with Gasteiger partial charge >= 0.3 is 0 Å². The zero-order chi connectivity index (χ0) is 26.8. The summed E-state index contributed by atoms with van der Waals surface area (Å²) in [7, 11) is 0. The molecule has 0 saturated carbocycles. The number of anilines is 1. The van der Waals surface area contributed by atoms with Gasteiger partial charge < -0.3 is 19.2 Å². The second-order valence-electron chi connectivity index (χ2n) is 11.7. The molecular formula is C33H38FN2O3+. The number of hydrogen-bond donors (Lipinski definition) is 1. The molecule has 4 fully saturated rings. The largest absolute Gasteiger partial charge is 0.489 e. The Morgan fingerprint density at radius 1 is 0.872 bits per heavy atom. The van der Waals surface area contributed by atoms with E-state index in [1.165, 1.54) is 61.1 Å². The first-order valence-electron chi connectivity index (χ1n) is 14.4. The molecule has 3 aromatic carbocycles. The van der Waals surface area contributed by atoms with Gasteiger partial charge in [-0.15, -0.1) is 0 Å². The van der Waals surface area contributed by atoms with Crippen LogP contribution in [0.1, 0.15) is 54.8 Å². The second kappa shape index (κ2) is 11.1. The Kier molecular flexibility index (Phi) is 7.41. The molecule has 1 N–H and O–H groups in total. The molecule has 0 aliphatic carbocycles. The molecule has 4 aliphatic heterocycles. The SMILES string of the molecule is O=C1[C@@H](CCCO)[C@@H](c2ccc(OCc3ccc(C[N+]45CCC(CC4)CC5)cc3)cc2)N1c1ccc(F)cc1. The highest BCUT2D eigenvalue weighted by Crippen LogP contribution is 2.45. The topological polar surface area (TPSA) is 49.8 Å². The number of hydrogen-bond acceptors (Lipinski definition) is 3. The number of piperidine rings is 3. The van der Waals surface area contributed by atoms with Crippen LogP contribution >= 0.6 is 0 Å². The Bertz CT molecular complexity index is 1250. The van der Waals surface area contributed by atoms with E-state index in [1.54, 1.807) is 17.0 Å². The number of halogens is 1. The molecule has 6 heteroatoms. The van der Waals surface area contributed by atoms with E-state index in [4.69, 9.17) is 4.74 Å². The molecule has 7 rings (SSSR count). The van der Waals surface area contributed by atoms with Crippen LogP contribution in [0.2, 0.25) is 0 Å². The van der Waals surface area contributed by atoms with Crippen LogP contribution in [0.15, 0.2) is 72.8 Å². The van der Waals surface area contributed by atoms with Crippen molar-refractivity contribution < 1.29 is 23.5 Å². The van der Waals surface area contributed by atoms with Crippen molar-refractivity contribution >= 4 is 11.6 Å². The van der Waals surface area contributed by atoms with Gasteiger partial charge in [-0.1, -0.05) is 36.4 Å². The van der Waals surface area contributed by atoms with Gasteiger partial charge in [0.1, 0.15) is 24.7 Å². The molecule has 4 heterocycles. The molecule has 1 amide bonds. The average molecular weight is 530 g/mol. The van der Waals surface area contributed by atoms with Gasteiger partial charge in [0, 0.05) is 17.9 Å². The van der Waals surface area contributed by atoms with Crippen molar-refractivity contribution in [1.29, 1.82) is 0 Å². The number of quaternary nitrogens is 1. The molecular weight excluding hydrogens is 491 g/mol. The van der Waals surface area contributed by atoms with Gasteiger partial charge in [0.05, 0.1) is 31.6 Å². The van der Waals surface area contributed by atoms with E-state index in [1.807, 2.05) is 24.3 Å². The summed E-state index contributed by atoms with van der Waals surface area (Å²) in [4.78, 5) is 14.7. The molecule has 0 radical (unpaired) electrons. The first-order chi connectivity index (χ1) is 19.0. The van der Waals surface area contributed by atoms with Gasteiger partial charge in [-0.25, -0.2) is 4.39 Å². The fourth-order valence-corrected chi connectivity index (χ4v) is 6.84. The lowest BCUT2D eigenvalue weighted by molar-refractivity contribution is -0.955. The van der Waals surface area contributed by atoms with Crippen molar-refractivity contribution in [3.05, 3.63) is 95.3 Å². The Labute approximate surface area is 230 Å². The van der Waals surface area contributed by atoms with E-state index in [0.717, 1.165) is 29.3 Å². The molecule has 0 aromatic heterocycles. The zero-order valence-electron chi connectivity index (χ0n) is 22.5. The number of nitrogens with zero attached hydrogens (tertiary/aromatic N) is 2. The number of amides is 1. The van der Waals surface area contributed by atoms with E-state index in [9.17, 15) is 14.3 Å². The van der Waals surface area contributed by atoms with Crippen molar-refractivity contribution in [1.82, 2.24) is 0 Å². The minimum absolute atomic E-state index is 0.0124. The minimum Gasteiger partial charge on any atom is -0.489 e. The van der Waals surface area contributed by atoms with Crippen LogP contribution in [-0.4, -0.2) is 41.7 Å². The van der Waals surface area contributed by atoms with Crippen LogP contribution in [0.5, 0.6) is 5.75 Å². The van der Waals surface area contributed by atoms with Crippen LogP contribution in [-0.2, 0) is 17.9 Å². The van der Waals surface area contributed by atoms with Gasteiger partial charge in [0.25, 0.3) is 0 Å². The first kappa shape index (κ1) is 26.0. The number of aliphatic hydroxyl groups is 1. The zero-order valence-corrected chi connectivity index (χ0v) is 22.5. The number of aliphatic hydroxyl groups excluding tert-OH is 1. The van der Waals surface area contributed by atoms with Gasteiger partial charge in [0.15, 0.2) is 0 Å². The van der Waals surface area contributed by atoms with Crippen molar-refractivity contribution in [2.45, 2.75) is 51.3 Å². The van der Waals surface area contributed by atoms with E-state index >= 15 is 0 Å². The third kappa shape index (κ3) is 5.45. The second-order valence-corrected chi connectivity index (χ2v) is 11.7. The van der Waals surface area contributed by atoms with Crippen molar-refractivity contribution in [3.8, 4) is 5.75 Å². The molecule has 5 nitrogen and oxygen atoms in total. The summed E-state index contributed by atoms with van der Waals surface area (Å²) in [5.41, 5.74) is 4.26. The summed E-state index contributed by atoms with van der Waals surface area (Å²) in [6.45, 7) is 5.72. The van der Waals surface area contributed by atoms with E-state index in [-0.39, 0.29) is 30.3 Å². The highest BCUT2D eigenvalue weighted by Gasteiger charge is 2.48. The summed E-state index contributed by atoms with van der Waals surface area (Å²) < 4.78 is 20.8. The smallest absolute Gasteiger partial charge is 0.233 e. The Morgan fingerprint density at radius 3 is 2.15 bits per heavy atom. The first-order valence-corrected chi connectivity index (χ1v) is 14.4. The maximum absolute atomic E-state index is 13.5. The Balaban J connectivity index is 1.08. The van der Waals surface area contributed by atoms with Crippen LogP contribution in [0, 0.1) is 17.7 Å². The monoisotopic (exact) mass is 529 g/mol. The number of ether oxygens (including phenoxy) is 1. The predicted molar refractivity (Wildman–Crippen MR) is 150 cm³/mol. The predicted octanol–water partition coefficient (Wildman–Crippen LogP) is 6.01. The standard InChI is InChI=1S/C33H38FN2O3/c34-28-9-11-29(12-10-28)35-32(31(33(35)38)2-1-21-37)27-7-13-30(14-8-27)39-23-26-5-3-25(4-6-26)22-36-18-15-24(16-19-36)17-20-36/h3-14,24,31-32,37H,1-2,15-23H2/q+1/t24?,31-,32+,36?/m0/s1. The van der Waals surface area contributed by atoms with Crippen molar-refractivity contribution in [2.24, 2.45) is 11.8 Å². The number of β-lactam (4-membered cyclic amide) rings is 1. The molecule has 204 valence electrons. The van der Waals surface area contributed by atoms with Gasteiger partial charge in [-0.3, -0.25) is 4.79 Å². The molecule has 0 spiro atoms. The van der Waals surface area contributed by atoms with Gasteiger partial charge in [-0.05, 0) is 85.5 Å². The molecule has 4 saturated heterocycles. The summed E-state index contributed by atoms with van der Waals surface area (Å²) in [6.07, 6.45) is 5.39. The summed E-state index contributed by atoms with van der Waals surface area (Å²) in [5.74, 6) is 1.25. The lowest BCUT2D eigenvalue weighted by Crippen LogP contribution is -2.57. The van der Waals surface area contributed by atoms with Crippen LogP contribution in [0.3, 0.4) is 0 Å². The van der Waals surface area contributed by atoms with Crippen molar-refractivity contribution in [3.63, 3.8) is 0 Å². The van der Waals surface area contributed by atoms with Crippen LogP contribution in [0.4, 0.5) is 10.1 Å². The van der Waals surface area contributed by atoms with Crippen molar-refractivity contribution in [2.75, 3.05) is 31.1 Å². The third-order valence-electron chi connectivity index (χ3n) is 9.20. The van der Waals surface area contributed by atoms with Gasteiger partial charge in [0.2, 0.25) is 5.91 Å². The molecule has 3 aromatic rings. The molecule has 0 unspecified atom stereocenters. The molecule has 2 atom stereocenters. The van der Waals surface area contributed by atoms with Crippen LogP contribution in [0.25, 0.3) is 0 Å². The third-order valence-corrected chi connectivity index (χ3v) is 9.20. The quantitative estimate of drug-likeness (QED) is 0.258. The highest BCUT2D eigenvalue weighted by atomic mass is 19.1. The maximum Gasteiger partial charge on any atom is 0.233 e. The number of carbonyl (C=O) groups is 1. The van der Waals surface area contributed by atoms with E-state index in [2.05, 4.69) is 24.3 Å². The number of fused-ring (bicyclic) bond motifs is 3. The lowest BCUT2D eigenvalue weighted by Gasteiger charge is -2.49. The molecule has 4 aliphatic rings.